The molecule has 26 heavy (non-hydrogen) atoms. The van der Waals surface area contributed by atoms with Crippen molar-refractivity contribution >= 4 is 17.5 Å². The van der Waals surface area contributed by atoms with Crippen LogP contribution in [0.2, 0.25) is 0 Å². The van der Waals surface area contributed by atoms with Crippen LogP contribution in [0, 0.1) is 12.8 Å². The van der Waals surface area contributed by atoms with E-state index in [0.29, 0.717) is 12.3 Å². The largest absolute Gasteiger partial charge is 0.343 e. The molecule has 1 aliphatic heterocycles. The van der Waals surface area contributed by atoms with Gasteiger partial charge < -0.3 is 10.2 Å². The molecule has 0 bridgehead atoms. The molecule has 1 N–H and O–H groups in total. The molecule has 1 fully saturated rings. The molecule has 0 radical (unpaired) electrons. The molecule has 2 heterocycles. The fraction of sp³-hybridized carbons (Fsp3) is 0.450. The van der Waals surface area contributed by atoms with Crippen molar-refractivity contribution in [2.45, 2.75) is 39.5 Å². The van der Waals surface area contributed by atoms with E-state index < -0.39 is 0 Å². The number of hydrogen-bond donors (Lipinski definition) is 1. The van der Waals surface area contributed by atoms with Crippen LogP contribution in [0.5, 0.6) is 0 Å². The number of benzene rings is 1. The summed E-state index contributed by atoms with van der Waals surface area (Å²) in [7, 11) is 0. The van der Waals surface area contributed by atoms with Crippen LogP contribution in [0.3, 0.4) is 0 Å². The topological polar surface area (TPSA) is 67.2 Å². The van der Waals surface area contributed by atoms with Gasteiger partial charge in [-0.1, -0.05) is 12.1 Å². The molecule has 1 aliphatic rings. The first kappa shape index (κ1) is 18.2. The smallest absolute Gasteiger partial charge is 0.224 e. The Labute approximate surface area is 154 Å². The second-order valence-corrected chi connectivity index (χ2v) is 6.96. The molecule has 1 saturated heterocycles. The molecule has 0 aliphatic carbocycles. The lowest BCUT2D eigenvalue weighted by Gasteiger charge is -2.31. The number of carbonyl (C=O) groups excluding carboxylic acids is 2. The van der Waals surface area contributed by atoms with Gasteiger partial charge >= 0.3 is 0 Å². The normalized spacial score (nSPS) is 15.1. The average Bonchev–Trinajstić information content (AvgIpc) is 3.07. The molecule has 0 saturated carbocycles. The van der Waals surface area contributed by atoms with E-state index in [0.717, 1.165) is 49.4 Å². The Kier molecular flexibility index (Phi) is 5.71. The van der Waals surface area contributed by atoms with Gasteiger partial charge in [-0.25, -0.2) is 4.68 Å². The molecule has 6 nitrogen and oxygen atoms in total. The second kappa shape index (κ2) is 8.17. The Hall–Kier alpha value is -2.63. The summed E-state index contributed by atoms with van der Waals surface area (Å²) < 4.78 is 1.78. The zero-order chi connectivity index (χ0) is 18.5. The zero-order valence-electron chi connectivity index (χ0n) is 15.4. The SMILES string of the molecule is CC(=O)N1CCC(CCC(=O)Nc2ccccc2-n2ccc(C)n2)CC1. The predicted octanol–water partition coefficient (Wildman–Crippen LogP) is 3.16. The van der Waals surface area contributed by atoms with E-state index in [4.69, 9.17) is 0 Å². The predicted molar refractivity (Wildman–Crippen MR) is 101 cm³/mol. The van der Waals surface area contributed by atoms with Crippen molar-refractivity contribution in [1.82, 2.24) is 14.7 Å². The fourth-order valence-corrected chi connectivity index (χ4v) is 3.41. The summed E-state index contributed by atoms with van der Waals surface area (Å²) in [5, 5.41) is 7.44. The van der Waals surface area contributed by atoms with Crippen molar-refractivity contribution in [3.05, 3.63) is 42.2 Å². The van der Waals surface area contributed by atoms with Gasteiger partial charge in [0, 0.05) is 32.6 Å². The molecule has 138 valence electrons. The Balaban J connectivity index is 1.54. The van der Waals surface area contributed by atoms with Gasteiger partial charge in [0.25, 0.3) is 0 Å². The number of nitrogens with zero attached hydrogens (tertiary/aromatic N) is 3. The molecular formula is C20H26N4O2. The Morgan fingerprint density at radius 1 is 1.19 bits per heavy atom. The van der Waals surface area contributed by atoms with E-state index in [1.54, 1.807) is 11.6 Å². The van der Waals surface area contributed by atoms with Crippen LogP contribution in [0.1, 0.15) is 38.3 Å². The van der Waals surface area contributed by atoms with Gasteiger partial charge in [-0.2, -0.15) is 5.10 Å². The van der Waals surface area contributed by atoms with Gasteiger partial charge in [0.2, 0.25) is 11.8 Å². The van der Waals surface area contributed by atoms with Crippen LogP contribution in [-0.2, 0) is 9.59 Å². The number of hydrogen-bond acceptors (Lipinski definition) is 3. The molecule has 3 rings (SSSR count). The van der Waals surface area contributed by atoms with Crippen molar-refractivity contribution < 1.29 is 9.59 Å². The van der Waals surface area contributed by atoms with Crippen LogP contribution < -0.4 is 5.32 Å². The monoisotopic (exact) mass is 354 g/mol. The first-order valence-electron chi connectivity index (χ1n) is 9.20. The summed E-state index contributed by atoms with van der Waals surface area (Å²) in [4.78, 5) is 25.7. The van der Waals surface area contributed by atoms with E-state index in [1.807, 2.05) is 48.4 Å². The van der Waals surface area contributed by atoms with Crippen molar-refractivity contribution in [3.8, 4) is 5.69 Å². The number of piperidine rings is 1. The number of amides is 2. The molecular weight excluding hydrogens is 328 g/mol. The lowest BCUT2D eigenvalue weighted by Crippen LogP contribution is -2.37. The lowest BCUT2D eigenvalue weighted by atomic mass is 9.92. The molecule has 0 unspecified atom stereocenters. The number of rotatable bonds is 5. The molecule has 6 heteroatoms. The number of nitrogens with one attached hydrogen (secondary N) is 1. The Morgan fingerprint density at radius 2 is 1.92 bits per heavy atom. The summed E-state index contributed by atoms with van der Waals surface area (Å²) in [6, 6.07) is 9.62. The number of carbonyl (C=O) groups is 2. The third kappa shape index (κ3) is 4.50. The summed E-state index contributed by atoms with van der Waals surface area (Å²) in [6.07, 6.45) is 5.22. The second-order valence-electron chi connectivity index (χ2n) is 6.96. The summed E-state index contributed by atoms with van der Waals surface area (Å²) in [6.45, 7) is 5.17. The van der Waals surface area contributed by atoms with E-state index in [-0.39, 0.29) is 11.8 Å². The maximum atomic E-state index is 12.4. The number of aryl methyl sites for hydroxylation is 1. The highest BCUT2D eigenvalue weighted by Crippen LogP contribution is 2.23. The maximum Gasteiger partial charge on any atom is 0.224 e. The molecule has 2 aromatic rings. The minimum absolute atomic E-state index is 0.0234. The maximum absolute atomic E-state index is 12.4. The van der Waals surface area contributed by atoms with Crippen LogP contribution in [0.25, 0.3) is 5.69 Å². The molecule has 0 spiro atoms. The Bertz CT molecular complexity index is 776. The third-order valence-electron chi connectivity index (χ3n) is 4.99. The number of aromatic nitrogens is 2. The Morgan fingerprint density at radius 3 is 2.58 bits per heavy atom. The van der Waals surface area contributed by atoms with Crippen molar-refractivity contribution in [3.63, 3.8) is 0 Å². The van der Waals surface area contributed by atoms with Crippen LogP contribution in [0.4, 0.5) is 5.69 Å². The average molecular weight is 354 g/mol. The lowest BCUT2D eigenvalue weighted by molar-refractivity contribution is -0.130. The molecule has 1 aromatic carbocycles. The molecule has 2 amide bonds. The fourth-order valence-electron chi connectivity index (χ4n) is 3.41. The van der Waals surface area contributed by atoms with E-state index >= 15 is 0 Å². The summed E-state index contributed by atoms with van der Waals surface area (Å²) >= 11 is 0. The highest BCUT2D eigenvalue weighted by Gasteiger charge is 2.21. The number of para-hydroxylation sites is 2. The van der Waals surface area contributed by atoms with Crippen LogP contribution in [-0.4, -0.2) is 39.6 Å². The summed E-state index contributed by atoms with van der Waals surface area (Å²) in [5.74, 6) is 0.683. The summed E-state index contributed by atoms with van der Waals surface area (Å²) in [5.41, 5.74) is 2.57. The van der Waals surface area contributed by atoms with Gasteiger partial charge in [0.05, 0.1) is 17.1 Å². The van der Waals surface area contributed by atoms with Gasteiger partial charge in [0.1, 0.15) is 0 Å². The highest BCUT2D eigenvalue weighted by molar-refractivity contribution is 5.92. The van der Waals surface area contributed by atoms with Gasteiger partial charge in [-0.15, -0.1) is 0 Å². The van der Waals surface area contributed by atoms with Gasteiger partial charge in [0.15, 0.2) is 0 Å². The third-order valence-corrected chi connectivity index (χ3v) is 4.99. The standard InChI is InChI=1S/C20H26N4O2/c1-15-9-14-24(22-15)19-6-4-3-5-18(19)21-20(26)8-7-17-10-12-23(13-11-17)16(2)25/h3-6,9,14,17H,7-8,10-13H2,1-2H3,(H,21,26). The van der Waals surface area contributed by atoms with E-state index in [1.165, 1.54) is 0 Å². The quantitative estimate of drug-likeness (QED) is 0.897. The first-order valence-corrected chi connectivity index (χ1v) is 9.20. The van der Waals surface area contributed by atoms with Crippen LogP contribution >= 0.6 is 0 Å². The van der Waals surface area contributed by atoms with Crippen molar-refractivity contribution in [1.29, 1.82) is 0 Å². The van der Waals surface area contributed by atoms with Crippen molar-refractivity contribution in [2.24, 2.45) is 5.92 Å². The number of likely N-dealkylation sites (tertiary alicyclic amines) is 1. The van der Waals surface area contributed by atoms with Crippen LogP contribution in [0.15, 0.2) is 36.5 Å². The number of anilines is 1. The molecule has 0 atom stereocenters. The zero-order valence-corrected chi connectivity index (χ0v) is 15.4. The first-order chi connectivity index (χ1) is 12.5. The van der Waals surface area contributed by atoms with Gasteiger partial charge in [-0.3, -0.25) is 9.59 Å². The minimum Gasteiger partial charge on any atom is -0.343 e. The van der Waals surface area contributed by atoms with E-state index in [2.05, 4.69) is 10.4 Å². The minimum atomic E-state index is 0.0234. The highest BCUT2D eigenvalue weighted by atomic mass is 16.2. The van der Waals surface area contributed by atoms with E-state index in [9.17, 15) is 9.59 Å². The van der Waals surface area contributed by atoms with Crippen molar-refractivity contribution in [2.75, 3.05) is 18.4 Å². The molecule has 1 aromatic heterocycles. The van der Waals surface area contributed by atoms with Gasteiger partial charge in [-0.05, 0) is 50.3 Å².